The Kier molecular flexibility index (Phi) is 3.37. The van der Waals surface area contributed by atoms with Gasteiger partial charge in [-0.3, -0.25) is 0 Å². The molecule has 21 heavy (non-hydrogen) atoms. The highest BCUT2D eigenvalue weighted by Crippen LogP contribution is 2.39. The molecule has 1 aliphatic rings. The maximum absolute atomic E-state index is 6.57. The molecule has 104 valence electrons. The molecule has 4 rings (SSSR count). The predicted octanol–water partition coefficient (Wildman–Crippen LogP) is 5.42. The van der Waals surface area contributed by atoms with Crippen LogP contribution in [0.15, 0.2) is 59.1 Å². The molecule has 0 unspecified atom stereocenters. The average Bonchev–Trinajstić information content (AvgIpc) is 2.97. The smallest absolute Gasteiger partial charge is 0.137 e. The molecule has 2 heterocycles. The van der Waals surface area contributed by atoms with Gasteiger partial charge in [-0.1, -0.05) is 35.9 Å². The Balaban J connectivity index is 1.75. The Labute approximate surface area is 135 Å². The van der Waals surface area contributed by atoms with E-state index in [1.807, 2.05) is 24.3 Å². The fourth-order valence-electron chi connectivity index (χ4n) is 2.26. The number of anilines is 1. The van der Waals surface area contributed by atoms with E-state index in [0.717, 1.165) is 37.4 Å². The van der Waals surface area contributed by atoms with Crippen LogP contribution >= 0.6 is 34.7 Å². The van der Waals surface area contributed by atoms with E-state index in [1.165, 1.54) is 4.90 Å². The van der Waals surface area contributed by atoms with Crippen LogP contribution in [-0.4, -0.2) is 10.7 Å². The third kappa shape index (κ3) is 2.44. The second kappa shape index (κ2) is 5.37. The lowest BCUT2D eigenvalue weighted by Crippen LogP contribution is -2.09. The van der Waals surface area contributed by atoms with Crippen molar-refractivity contribution in [1.82, 2.24) is 4.98 Å². The summed E-state index contributed by atoms with van der Waals surface area (Å²) in [6.45, 7) is 0. The number of aromatic nitrogens is 1. The van der Waals surface area contributed by atoms with Gasteiger partial charge in [0.1, 0.15) is 5.01 Å². The number of rotatable bonds is 1. The summed E-state index contributed by atoms with van der Waals surface area (Å²) in [5.41, 5.74) is 3.14. The Morgan fingerprint density at radius 3 is 2.81 bits per heavy atom. The SMILES string of the molecule is Cl/C(=C1\CSc2ccccc2N1)c1nc2ccccc2s1. The van der Waals surface area contributed by atoms with Crippen LogP contribution in [0.1, 0.15) is 5.01 Å². The van der Waals surface area contributed by atoms with Crippen molar-refractivity contribution in [3.05, 3.63) is 59.2 Å². The number of fused-ring (bicyclic) bond motifs is 2. The van der Waals surface area contributed by atoms with Crippen molar-refractivity contribution in [2.24, 2.45) is 0 Å². The summed E-state index contributed by atoms with van der Waals surface area (Å²) >= 11 is 10.0. The second-order valence-electron chi connectivity index (χ2n) is 4.69. The Morgan fingerprint density at radius 1 is 1.10 bits per heavy atom. The van der Waals surface area contributed by atoms with Crippen LogP contribution in [0, 0.1) is 0 Å². The number of hydrogen-bond acceptors (Lipinski definition) is 4. The molecule has 0 radical (unpaired) electrons. The van der Waals surface area contributed by atoms with Gasteiger partial charge in [-0.15, -0.1) is 23.1 Å². The summed E-state index contributed by atoms with van der Waals surface area (Å²) in [5, 5.41) is 5.03. The maximum atomic E-state index is 6.57. The van der Waals surface area contributed by atoms with Gasteiger partial charge in [0.2, 0.25) is 0 Å². The average molecular weight is 331 g/mol. The summed E-state index contributed by atoms with van der Waals surface area (Å²) < 4.78 is 1.16. The standard InChI is InChI=1S/C16H11ClN2S2/c17-15(16-19-11-6-2-4-8-14(11)21-16)12-9-20-13-7-3-1-5-10(13)18-12/h1-8,18H,9H2/b15-12+. The molecule has 0 atom stereocenters. The van der Waals surface area contributed by atoms with Crippen LogP contribution in [0.3, 0.4) is 0 Å². The first-order valence-corrected chi connectivity index (χ1v) is 8.73. The number of hydrogen-bond donors (Lipinski definition) is 1. The highest BCUT2D eigenvalue weighted by atomic mass is 35.5. The van der Waals surface area contributed by atoms with E-state index in [1.54, 1.807) is 23.1 Å². The van der Waals surface area contributed by atoms with Gasteiger partial charge in [0.25, 0.3) is 0 Å². The zero-order chi connectivity index (χ0) is 14.2. The van der Waals surface area contributed by atoms with Crippen LogP contribution in [0.5, 0.6) is 0 Å². The van der Waals surface area contributed by atoms with Gasteiger partial charge >= 0.3 is 0 Å². The van der Waals surface area contributed by atoms with Crippen LogP contribution < -0.4 is 5.32 Å². The number of thiazole rings is 1. The summed E-state index contributed by atoms with van der Waals surface area (Å²) in [6.07, 6.45) is 0. The Bertz CT molecular complexity index is 821. The first-order chi connectivity index (χ1) is 10.3. The lowest BCUT2D eigenvalue weighted by molar-refractivity contribution is 1.29. The molecule has 2 aromatic carbocycles. The molecule has 0 aliphatic carbocycles. The van der Waals surface area contributed by atoms with E-state index in [4.69, 9.17) is 11.6 Å². The van der Waals surface area contributed by atoms with E-state index in [-0.39, 0.29) is 0 Å². The molecule has 2 nitrogen and oxygen atoms in total. The zero-order valence-electron chi connectivity index (χ0n) is 11.0. The zero-order valence-corrected chi connectivity index (χ0v) is 13.4. The largest absolute Gasteiger partial charge is 0.356 e. The molecule has 3 aromatic rings. The van der Waals surface area contributed by atoms with E-state index >= 15 is 0 Å². The maximum Gasteiger partial charge on any atom is 0.137 e. The molecule has 1 N–H and O–H groups in total. The molecule has 1 aliphatic heterocycles. The minimum atomic E-state index is 0.721. The van der Waals surface area contributed by atoms with E-state index in [9.17, 15) is 0 Å². The number of para-hydroxylation sites is 2. The lowest BCUT2D eigenvalue weighted by Gasteiger charge is -2.20. The molecular formula is C16H11ClN2S2. The van der Waals surface area contributed by atoms with Gasteiger partial charge in [0.15, 0.2) is 0 Å². The van der Waals surface area contributed by atoms with Crippen molar-refractivity contribution >= 4 is 55.6 Å². The first kappa shape index (κ1) is 13.2. The van der Waals surface area contributed by atoms with Crippen molar-refractivity contribution in [2.75, 3.05) is 11.1 Å². The number of thioether (sulfide) groups is 1. The van der Waals surface area contributed by atoms with Gasteiger partial charge in [-0.05, 0) is 24.3 Å². The van der Waals surface area contributed by atoms with Gasteiger partial charge in [0.05, 0.1) is 20.9 Å². The number of benzene rings is 2. The van der Waals surface area contributed by atoms with Crippen molar-refractivity contribution in [3.63, 3.8) is 0 Å². The van der Waals surface area contributed by atoms with E-state index in [0.29, 0.717) is 0 Å². The highest BCUT2D eigenvalue weighted by molar-refractivity contribution is 7.99. The molecule has 0 spiro atoms. The van der Waals surface area contributed by atoms with Crippen molar-refractivity contribution in [1.29, 1.82) is 0 Å². The minimum Gasteiger partial charge on any atom is -0.356 e. The molecule has 0 bridgehead atoms. The Morgan fingerprint density at radius 2 is 1.90 bits per heavy atom. The third-order valence-electron chi connectivity index (χ3n) is 3.29. The minimum absolute atomic E-state index is 0.721. The van der Waals surface area contributed by atoms with Crippen molar-refractivity contribution in [3.8, 4) is 0 Å². The molecule has 0 saturated heterocycles. The summed E-state index contributed by atoms with van der Waals surface area (Å²) in [4.78, 5) is 5.88. The number of halogens is 1. The monoisotopic (exact) mass is 330 g/mol. The van der Waals surface area contributed by atoms with E-state index < -0.39 is 0 Å². The fourth-order valence-corrected chi connectivity index (χ4v) is 4.50. The van der Waals surface area contributed by atoms with Gasteiger partial charge in [-0.25, -0.2) is 4.98 Å². The normalized spacial score (nSPS) is 16.4. The number of nitrogens with one attached hydrogen (secondary N) is 1. The summed E-state index contributed by atoms with van der Waals surface area (Å²) in [5.74, 6) is 0.839. The molecule has 0 fully saturated rings. The Hall–Kier alpha value is -1.49. The van der Waals surface area contributed by atoms with Crippen LogP contribution in [0.4, 0.5) is 5.69 Å². The quantitative estimate of drug-likeness (QED) is 0.644. The second-order valence-corrected chi connectivity index (χ2v) is 7.11. The first-order valence-electron chi connectivity index (χ1n) is 6.55. The highest BCUT2D eigenvalue weighted by Gasteiger charge is 2.18. The molecule has 5 heteroatoms. The summed E-state index contributed by atoms with van der Waals surface area (Å²) in [6, 6.07) is 16.4. The van der Waals surface area contributed by atoms with Crippen LogP contribution in [0.25, 0.3) is 15.2 Å². The van der Waals surface area contributed by atoms with E-state index in [2.05, 4.69) is 34.6 Å². The molecular weight excluding hydrogens is 320 g/mol. The molecule has 0 amide bonds. The molecule has 0 saturated carbocycles. The van der Waals surface area contributed by atoms with Gasteiger partial charge in [-0.2, -0.15) is 0 Å². The lowest BCUT2D eigenvalue weighted by atomic mass is 10.3. The predicted molar refractivity (Wildman–Crippen MR) is 93.2 cm³/mol. The fraction of sp³-hybridized carbons (Fsp3) is 0.0625. The van der Waals surface area contributed by atoms with Gasteiger partial charge in [0, 0.05) is 16.3 Å². The topological polar surface area (TPSA) is 24.9 Å². The van der Waals surface area contributed by atoms with Crippen LogP contribution in [0.2, 0.25) is 0 Å². The third-order valence-corrected chi connectivity index (χ3v) is 5.96. The van der Waals surface area contributed by atoms with Crippen molar-refractivity contribution in [2.45, 2.75) is 4.90 Å². The number of nitrogens with zero attached hydrogens (tertiary/aromatic N) is 1. The van der Waals surface area contributed by atoms with Crippen molar-refractivity contribution < 1.29 is 0 Å². The van der Waals surface area contributed by atoms with Crippen LogP contribution in [-0.2, 0) is 0 Å². The molecule has 1 aromatic heterocycles. The summed E-state index contributed by atoms with van der Waals surface area (Å²) in [7, 11) is 0. The van der Waals surface area contributed by atoms with Gasteiger partial charge < -0.3 is 5.32 Å².